The molecule has 0 amide bonds. The minimum Gasteiger partial charge on any atom is -0.313 e. The first-order valence-electron chi connectivity index (χ1n) is 7.02. The van der Waals surface area contributed by atoms with Crippen LogP contribution in [0.5, 0.6) is 0 Å². The van der Waals surface area contributed by atoms with Crippen LogP contribution in [-0.4, -0.2) is 24.5 Å². The summed E-state index contributed by atoms with van der Waals surface area (Å²) >= 11 is 0. The summed E-state index contributed by atoms with van der Waals surface area (Å²) < 4.78 is 0. The van der Waals surface area contributed by atoms with E-state index in [1.807, 2.05) is 12.2 Å². The van der Waals surface area contributed by atoms with E-state index in [2.05, 4.69) is 54.6 Å². The monoisotopic (exact) mass is 258 g/mol. The van der Waals surface area contributed by atoms with E-state index in [9.17, 15) is 0 Å². The topological polar surface area (TPSA) is 15.3 Å². The van der Waals surface area contributed by atoms with Crippen LogP contribution < -0.4 is 5.32 Å². The number of hydrogen-bond acceptors (Lipinski definition) is 2. The molecule has 0 saturated carbocycles. The smallest absolute Gasteiger partial charge is 0.0240 e. The highest BCUT2D eigenvalue weighted by atomic mass is 15.1. The van der Waals surface area contributed by atoms with Crippen molar-refractivity contribution in [2.75, 3.05) is 19.6 Å². The molecular weight excluding hydrogens is 232 g/mol. The lowest BCUT2D eigenvalue weighted by atomic mass is 10.1. The number of nitrogens with one attached hydrogen (secondary N) is 1. The van der Waals surface area contributed by atoms with Gasteiger partial charge < -0.3 is 5.32 Å². The summed E-state index contributed by atoms with van der Waals surface area (Å²) in [5.74, 6) is 0. The van der Waals surface area contributed by atoms with Crippen LogP contribution in [0.4, 0.5) is 0 Å². The van der Waals surface area contributed by atoms with E-state index in [0.29, 0.717) is 0 Å². The Hall–Kier alpha value is -1.38. The van der Waals surface area contributed by atoms with Crippen molar-refractivity contribution in [3.8, 4) is 0 Å². The van der Waals surface area contributed by atoms with Crippen LogP contribution in [0.3, 0.4) is 0 Å². The standard InChI is InChI=1S/C17H26N2/c1-4-11-18-14-16-7-9-17(10-8-16)15-19(12-5-2)13-6-3/h5-10,18H,2-4,11-15H2,1H3. The van der Waals surface area contributed by atoms with E-state index in [1.165, 1.54) is 17.5 Å². The molecule has 1 N–H and O–H groups in total. The first-order valence-corrected chi connectivity index (χ1v) is 7.02. The Bertz CT molecular complexity index is 357. The van der Waals surface area contributed by atoms with Gasteiger partial charge in [-0.1, -0.05) is 43.3 Å². The molecule has 2 nitrogen and oxygen atoms in total. The third kappa shape index (κ3) is 6.37. The van der Waals surface area contributed by atoms with Crippen LogP contribution in [0.2, 0.25) is 0 Å². The van der Waals surface area contributed by atoms with Gasteiger partial charge >= 0.3 is 0 Å². The van der Waals surface area contributed by atoms with E-state index in [4.69, 9.17) is 0 Å². The highest BCUT2D eigenvalue weighted by Gasteiger charge is 2.02. The lowest BCUT2D eigenvalue weighted by molar-refractivity contribution is 0.328. The number of hydrogen-bond donors (Lipinski definition) is 1. The third-order valence-corrected chi connectivity index (χ3v) is 2.96. The normalized spacial score (nSPS) is 10.6. The summed E-state index contributed by atoms with van der Waals surface area (Å²) in [6.07, 6.45) is 5.05. The fourth-order valence-corrected chi connectivity index (χ4v) is 2.00. The summed E-state index contributed by atoms with van der Waals surface area (Å²) in [6, 6.07) is 8.83. The molecule has 19 heavy (non-hydrogen) atoms. The molecule has 0 heterocycles. The van der Waals surface area contributed by atoms with Gasteiger partial charge in [-0.15, -0.1) is 13.2 Å². The summed E-state index contributed by atoms with van der Waals surface area (Å²) in [5.41, 5.74) is 2.68. The molecule has 0 aliphatic rings. The summed E-state index contributed by atoms with van der Waals surface area (Å²) in [5, 5.41) is 3.42. The molecule has 0 atom stereocenters. The quantitative estimate of drug-likeness (QED) is 0.511. The van der Waals surface area contributed by atoms with Gasteiger partial charge in [0, 0.05) is 26.2 Å². The molecule has 1 rings (SSSR count). The number of rotatable bonds is 10. The molecule has 0 fully saturated rings. The van der Waals surface area contributed by atoms with Crippen molar-refractivity contribution < 1.29 is 0 Å². The number of benzene rings is 1. The number of nitrogens with zero attached hydrogens (tertiary/aromatic N) is 1. The van der Waals surface area contributed by atoms with Gasteiger partial charge in [-0.3, -0.25) is 4.90 Å². The molecule has 2 heteroatoms. The molecule has 104 valence electrons. The molecule has 0 aliphatic heterocycles. The molecule has 1 aromatic rings. The molecule has 0 radical (unpaired) electrons. The summed E-state index contributed by atoms with van der Waals surface area (Å²) in [4.78, 5) is 2.31. The molecule has 0 saturated heterocycles. The van der Waals surface area contributed by atoms with Crippen molar-refractivity contribution >= 4 is 0 Å². The van der Waals surface area contributed by atoms with Gasteiger partial charge in [0.1, 0.15) is 0 Å². The average molecular weight is 258 g/mol. The van der Waals surface area contributed by atoms with Crippen LogP contribution in [0.1, 0.15) is 24.5 Å². The maximum Gasteiger partial charge on any atom is 0.0240 e. The lowest BCUT2D eigenvalue weighted by Gasteiger charge is -2.18. The predicted molar refractivity (Wildman–Crippen MR) is 84.1 cm³/mol. The van der Waals surface area contributed by atoms with Crippen LogP contribution in [0.25, 0.3) is 0 Å². The molecule has 0 spiro atoms. The fraction of sp³-hybridized carbons (Fsp3) is 0.412. The fourth-order valence-electron chi connectivity index (χ4n) is 2.00. The van der Waals surface area contributed by atoms with Crippen molar-refractivity contribution in [1.29, 1.82) is 0 Å². The van der Waals surface area contributed by atoms with Gasteiger partial charge in [0.15, 0.2) is 0 Å². The Labute approximate surface area is 117 Å². The highest BCUT2D eigenvalue weighted by Crippen LogP contribution is 2.08. The van der Waals surface area contributed by atoms with Gasteiger partial charge in [0.05, 0.1) is 0 Å². The zero-order valence-corrected chi connectivity index (χ0v) is 12.1. The van der Waals surface area contributed by atoms with Crippen molar-refractivity contribution in [3.05, 3.63) is 60.7 Å². The molecule has 0 bridgehead atoms. The van der Waals surface area contributed by atoms with E-state index in [1.54, 1.807) is 0 Å². The van der Waals surface area contributed by atoms with Crippen molar-refractivity contribution in [2.45, 2.75) is 26.4 Å². The second kappa shape index (κ2) is 9.54. The Kier molecular flexibility index (Phi) is 7.87. The Morgan fingerprint density at radius 3 is 2.16 bits per heavy atom. The summed E-state index contributed by atoms with van der Waals surface area (Å²) in [7, 11) is 0. The average Bonchev–Trinajstić information content (AvgIpc) is 2.42. The predicted octanol–water partition coefficient (Wildman–Crippen LogP) is 3.36. The van der Waals surface area contributed by atoms with Crippen molar-refractivity contribution in [3.63, 3.8) is 0 Å². The molecule has 0 aliphatic carbocycles. The Morgan fingerprint density at radius 1 is 1.05 bits per heavy atom. The van der Waals surface area contributed by atoms with Gasteiger partial charge in [0.25, 0.3) is 0 Å². The second-order valence-corrected chi connectivity index (χ2v) is 4.76. The Morgan fingerprint density at radius 2 is 1.63 bits per heavy atom. The maximum absolute atomic E-state index is 3.80. The van der Waals surface area contributed by atoms with Crippen LogP contribution in [0, 0.1) is 0 Å². The minimum absolute atomic E-state index is 0.895. The lowest BCUT2D eigenvalue weighted by Crippen LogP contribution is -2.23. The summed E-state index contributed by atoms with van der Waals surface area (Å²) in [6.45, 7) is 14.5. The van der Waals surface area contributed by atoms with Crippen molar-refractivity contribution in [1.82, 2.24) is 10.2 Å². The van der Waals surface area contributed by atoms with Crippen LogP contribution in [-0.2, 0) is 13.1 Å². The highest BCUT2D eigenvalue weighted by molar-refractivity contribution is 5.22. The second-order valence-electron chi connectivity index (χ2n) is 4.76. The van der Waals surface area contributed by atoms with Gasteiger partial charge in [-0.25, -0.2) is 0 Å². The zero-order chi connectivity index (χ0) is 13.9. The zero-order valence-electron chi connectivity index (χ0n) is 12.1. The van der Waals surface area contributed by atoms with E-state index in [0.717, 1.165) is 32.7 Å². The molecule has 0 unspecified atom stereocenters. The largest absolute Gasteiger partial charge is 0.313 e. The maximum atomic E-state index is 3.80. The van der Waals surface area contributed by atoms with E-state index >= 15 is 0 Å². The SMILES string of the molecule is C=CCN(CC=C)Cc1ccc(CNCCC)cc1. The van der Waals surface area contributed by atoms with E-state index < -0.39 is 0 Å². The first kappa shape index (κ1) is 15.7. The van der Waals surface area contributed by atoms with Gasteiger partial charge in [-0.05, 0) is 24.1 Å². The van der Waals surface area contributed by atoms with Crippen LogP contribution >= 0.6 is 0 Å². The Balaban J connectivity index is 2.49. The molecular formula is C17H26N2. The first-order chi connectivity index (χ1) is 9.30. The van der Waals surface area contributed by atoms with E-state index in [-0.39, 0.29) is 0 Å². The minimum atomic E-state index is 0.895. The van der Waals surface area contributed by atoms with Crippen molar-refractivity contribution in [2.24, 2.45) is 0 Å². The molecule has 1 aromatic carbocycles. The van der Waals surface area contributed by atoms with Gasteiger partial charge in [0.2, 0.25) is 0 Å². The van der Waals surface area contributed by atoms with Gasteiger partial charge in [-0.2, -0.15) is 0 Å². The van der Waals surface area contributed by atoms with Crippen LogP contribution in [0.15, 0.2) is 49.6 Å². The third-order valence-electron chi connectivity index (χ3n) is 2.96. The molecule has 0 aromatic heterocycles.